The smallest absolute Gasteiger partial charge is 0.236 e. The fourth-order valence-electron chi connectivity index (χ4n) is 4.62. The summed E-state index contributed by atoms with van der Waals surface area (Å²) in [4.78, 5) is 21.8. The molecule has 0 saturated carbocycles. The first kappa shape index (κ1) is 19.8. The molecule has 3 aliphatic rings. The summed E-state index contributed by atoms with van der Waals surface area (Å²) in [5.41, 5.74) is 0.615. The molecule has 3 heterocycles. The molecule has 0 unspecified atom stereocenters. The Bertz CT molecular complexity index is 441. The Balaban J connectivity index is 1.38. The SMILES string of the molecule is CC(C)N1CCC2(CCN(CCN3CCN(CI)CC3=O)CC2)CC1. The molecule has 3 rings (SSSR count). The van der Waals surface area contributed by atoms with Gasteiger partial charge in [-0.1, -0.05) is 22.6 Å². The fourth-order valence-corrected chi connectivity index (χ4v) is 5.21. The first-order chi connectivity index (χ1) is 12.0. The van der Waals surface area contributed by atoms with Crippen LogP contribution in [0.2, 0.25) is 0 Å². The zero-order valence-electron chi connectivity index (χ0n) is 16.1. The van der Waals surface area contributed by atoms with E-state index in [1.165, 1.54) is 51.9 Å². The third-order valence-corrected chi connectivity index (χ3v) is 7.72. The van der Waals surface area contributed by atoms with Crippen LogP contribution < -0.4 is 0 Å². The molecule has 0 atom stereocenters. The first-order valence-electron chi connectivity index (χ1n) is 10.0. The zero-order chi connectivity index (χ0) is 17.9. The zero-order valence-corrected chi connectivity index (χ0v) is 18.2. The molecule has 144 valence electrons. The van der Waals surface area contributed by atoms with Crippen LogP contribution in [0.25, 0.3) is 0 Å². The van der Waals surface area contributed by atoms with Crippen molar-refractivity contribution in [2.45, 2.75) is 45.6 Å². The Labute approximate surface area is 167 Å². The highest BCUT2D eigenvalue weighted by Crippen LogP contribution is 2.41. The van der Waals surface area contributed by atoms with E-state index in [0.717, 1.165) is 30.7 Å². The van der Waals surface area contributed by atoms with Gasteiger partial charge in [0.25, 0.3) is 0 Å². The van der Waals surface area contributed by atoms with E-state index in [0.29, 0.717) is 23.9 Å². The molecule has 0 aliphatic carbocycles. The van der Waals surface area contributed by atoms with Gasteiger partial charge in [0.15, 0.2) is 0 Å². The van der Waals surface area contributed by atoms with Gasteiger partial charge in [-0.05, 0) is 71.1 Å². The lowest BCUT2D eigenvalue weighted by Crippen LogP contribution is -2.53. The summed E-state index contributed by atoms with van der Waals surface area (Å²) in [6.45, 7) is 14.2. The largest absolute Gasteiger partial charge is 0.339 e. The van der Waals surface area contributed by atoms with E-state index in [1.807, 2.05) is 0 Å². The van der Waals surface area contributed by atoms with Gasteiger partial charge in [-0.25, -0.2) is 0 Å². The van der Waals surface area contributed by atoms with E-state index < -0.39 is 0 Å². The van der Waals surface area contributed by atoms with Crippen molar-refractivity contribution >= 4 is 28.5 Å². The number of likely N-dealkylation sites (tertiary alicyclic amines) is 2. The Hall–Kier alpha value is 0.0800. The van der Waals surface area contributed by atoms with E-state index in [2.05, 4.69) is 56.0 Å². The van der Waals surface area contributed by atoms with Crippen LogP contribution in [0.1, 0.15) is 39.5 Å². The van der Waals surface area contributed by atoms with Crippen molar-refractivity contribution in [3.05, 3.63) is 0 Å². The van der Waals surface area contributed by atoms with E-state index in [1.54, 1.807) is 0 Å². The van der Waals surface area contributed by atoms with Crippen LogP contribution in [0.3, 0.4) is 0 Å². The van der Waals surface area contributed by atoms with Crippen LogP contribution in [-0.2, 0) is 4.79 Å². The summed E-state index contributed by atoms with van der Waals surface area (Å²) in [6, 6.07) is 0.697. The summed E-state index contributed by atoms with van der Waals surface area (Å²) in [6.07, 6.45) is 5.48. The third-order valence-electron chi connectivity index (χ3n) is 6.76. The van der Waals surface area contributed by atoms with E-state index in [-0.39, 0.29) is 0 Å². The minimum Gasteiger partial charge on any atom is -0.339 e. The van der Waals surface area contributed by atoms with Crippen LogP contribution >= 0.6 is 22.6 Å². The Morgan fingerprint density at radius 2 is 1.56 bits per heavy atom. The van der Waals surface area contributed by atoms with Crippen molar-refractivity contribution in [1.29, 1.82) is 0 Å². The lowest BCUT2D eigenvalue weighted by Gasteiger charge is -2.48. The van der Waals surface area contributed by atoms with Crippen molar-refractivity contribution < 1.29 is 4.79 Å². The number of carbonyl (C=O) groups is 1. The third kappa shape index (κ3) is 5.08. The van der Waals surface area contributed by atoms with Crippen molar-refractivity contribution in [3.8, 4) is 0 Å². The second-order valence-corrected chi connectivity index (χ2v) is 9.21. The minimum absolute atomic E-state index is 0.317. The highest BCUT2D eigenvalue weighted by molar-refractivity contribution is 14.1. The second-order valence-electron chi connectivity index (χ2n) is 8.52. The topological polar surface area (TPSA) is 30.0 Å². The van der Waals surface area contributed by atoms with E-state index in [9.17, 15) is 4.79 Å². The van der Waals surface area contributed by atoms with Gasteiger partial charge < -0.3 is 14.7 Å². The molecule has 0 aromatic heterocycles. The molecular weight excluding hydrogens is 427 g/mol. The summed E-state index contributed by atoms with van der Waals surface area (Å²) < 4.78 is 0.958. The summed E-state index contributed by atoms with van der Waals surface area (Å²) in [5.74, 6) is 0.317. The second kappa shape index (κ2) is 8.85. The van der Waals surface area contributed by atoms with Crippen molar-refractivity contribution in [2.75, 3.05) is 63.5 Å². The number of hydrogen-bond donors (Lipinski definition) is 0. The van der Waals surface area contributed by atoms with Gasteiger partial charge >= 0.3 is 0 Å². The van der Waals surface area contributed by atoms with Gasteiger partial charge in [-0.2, -0.15) is 0 Å². The molecule has 3 fully saturated rings. The molecule has 1 amide bonds. The molecule has 3 saturated heterocycles. The first-order valence-corrected chi connectivity index (χ1v) is 11.6. The number of halogens is 1. The molecule has 0 radical (unpaired) electrons. The Morgan fingerprint density at radius 1 is 0.920 bits per heavy atom. The minimum atomic E-state index is 0.317. The maximum atomic E-state index is 12.2. The molecule has 0 aromatic carbocycles. The number of piperazine rings is 1. The standard InChI is InChI=1S/C19H35IN4O/c1-17(2)23-9-5-19(6-10-23)3-7-21(8-4-19)11-13-24-14-12-22(16-20)15-18(24)25/h17H,3-16H2,1-2H3. The molecular formula is C19H35IN4O. The molecule has 0 aromatic rings. The number of nitrogens with zero attached hydrogens (tertiary/aromatic N) is 4. The van der Waals surface area contributed by atoms with Gasteiger partial charge in [0.1, 0.15) is 0 Å². The van der Waals surface area contributed by atoms with Gasteiger partial charge in [-0.15, -0.1) is 0 Å². The molecule has 6 heteroatoms. The summed E-state index contributed by atoms with van der Waals surface area (Å²) in [7, 11) is 0. The predicted octanol–water partition coefficient (Wildman–Crippen LogP) is 2.11. The van der Waals surface area contributed by atoms with Gasteiger partial charge in [0.2, 0.25) is 5.91 Å². The average Bonchev–Trinajstić information content (AvgIpc) is 2.62. The Kier molecular flexibility index (Phi) is 7.02. The van der Waals surface area contributed by atoms with Gasteiger partial charge in [0, 0.05) is 32.2 Å². The average molecular weight is 462 g/mol. The van der Waals surface area contributed by atoms with Gasteiger partial charge in [0.05, 0.1) is 11.1 Å². The van der Waals surface area contributed by atoms with Crippen molar-refractivity contribution in [1.82, 2.24) is 19.6 Å². The monoisotopic (exact) mass is 462 g/mol. The number of rotatable bonds is 5. The lowest BCUT2D eigenvalue weighted by molar-refractivity contribution is -0.135. The lowest BCUT2D eigenvalue weighted by atomic mass is 9.71. The van der Waals surface area contributed by atoms with E-state index >= 15 is 0 Å². The number of hydrogen-bond acceptors (Lipinski definition) is 4. The number of piperidine rings is 2. The molecule has 3 aliphatic heterocycles. The van der Waals surface area contributed by atoms with Crippen LogP contribution in [-0.4, -0.2) is 95.0 Å². The number of carbonyl (C=O) groups excluding carboxylic acids is 1. The summed E-state index contributed by atoms with van der Waals surface area (Å²) >= 11 is 2.35. The molecule has 0 N–H and O–H groups in total. The number of amides is 1. The van der Waals surface area contributed by atoms with Crippen LogP contribution in [0.5, 0.6) is 0 Å². The number of alkyl halides is 1. The van der Waals surface area contributed by atoms with Crippen LogP contribution in [0.4, 0.5) is 0 Å². The molecule has 1 spiro atoms. The van der Waals surface area contributed by atoms with Crippen molar-refractivity contribution in [2.24, 2.45) is 5.41 Å². The van der Waals surface area contributed by atoms with E-state index in [4.69, 9.17) is 0 Å². The molecule has 5 nitrogen and oxygen atoms in total. The molecule has 25 heavy (non-hydrogen) atoms. The highest BCUT2D eigenvalue weighted by Gasteiger charge is 2.37. The fraction of sp³-hybridized carbons (Fsp3) is 0.947. The molecule has 0 bridgehead atoms. The Morgan fingerprint density at radius 3 is 2.12 bits per heavy atom. The summed E-state index contributed by atoms with van der Waals surface area (Å²) in [5, 5.41) is 0. The van der Waals surface area contributed by atoms with Crippen LogP contribution in [0, 0.1) is 5.41 Å². The maximum Gasteiger partial charge on any atom is 0.236 e. The van der Waals surface area contributed by atoms with Gasteiger partial charge in [-0.3, -0.25) is 9.69 Å². The predicted molar refractivity (Wildman–Crippen MR) is 111 cm³/mol. The van der Waals surface area contributed by atoms with Crippen LogP contribution in [0.15, 0.2) is 0 Å². The quantitative estimate of drug-likeness (QED) is 0.356. The normalized spacial score (nSPS) is 26.7. The van der Waals surface area contributed by atoms with Crippen molar-refractivity contribution in [3.63, 3.8) is 0 Å². The highest BCUT2D eigenvalue weighted by atomic mass is 127. The maximum absolute atomic E-state index is 12.2.